The number of rotatable bonds is 4. The summed E-state index contributed by atoms with van der Waals surface area (Å²) < 4.78 is 1.19. The zero-order valence-corrected chi connectivity index (χ0v) is 12.8. The first-order chi connectivity index (χ1) is 10.6. The van der Waals surface area contributed by atoms with E-state index in [9.17, 15) is 9.59 Å². The number of fused-ring (bicyclic) bond motifs is 1. The van der Waals surface area contributed by atoms with Crippen molar-refractivity contribution < 1.29 is 4.79 Å². The molecule has 1 N–H and O–H groups in total. The van der Waals surface area contributed by atoms with Crippen LogP contribution < -0.4 is 10.9 Å². The number of nitrogens with zero attached hydrogens (tertiary/aromatic N) is 2. The molecular formula is C16H15N3O2S. The molecule has 0 aliphatic heterocycles. The molecular weight excluding hydrogens is 298 g/mol. The van der Waals surface area contributed by atoms with E-state index in [1.165, 1.54) is 4.68 Å². The highest BCUT2D eigenvalue weighted by Gasteiger charge is 2.12. The summed E-state index contributed by atoms with van der Waals surface area (Å²) in [6.07, 6.45) is 1.60. The van der Waals surface area contributed by atoms with E-state index in [2.05, 4.69) is 10.4 Å². The molecule has 3 aromatic rings. The van der Waals surface area contributed by atoms with E-state index in [4.69, 9.17) is 0 Å². The molecule has 0 unspecified atom stereocenters. The van der Waals surface area contributed by atoms with Crippen molar-refractivity contribution in [2.45, 2.75) is 19.5 Å². The smallest absolute Gasteiger partial charge is 0.275 e. The van der Waals surface area contributed by atoms with E-state index in [1.54, 1.807) is 29.7 Å². The SMILES string of the molecule is C[C@@H](NC(=O)Cn1ncc2ccccc2c1=O)c1cccs1. The number of nitrogens with one attached hydrogen (secondary N) is 1. The van der Waals surface area contributed by atoms with E-state index >= 15 is 0 Å². The van der Waals surface area contributed by atoms with E-state index in [1.807, 2.05) is 36.6 Å². The average Bonchev–Trinajstić information content (AvgIpc) is 3.05. The van der Waals surface area contributed by atoms with Gasteiger partial charge in [0.15, 0.2) is 0 Å². The highest BCUT2D eigenvalue weighted by atomic mass is 32.1. The Bertz CT molecular complexity index is 855. The van der Waals surface area contributed by atoms with Crippen LogP contribution in [0.3, 0.4) is 0 Å². The number of carbonyl (C=O) groups is 1. The third-order valence-corrected chi connectivity index (χ3v) is 4.46. The Morgan fingerprint density at radius 2 is 2.14 bits per heavy atom. The highest BCUT2D eigenvalue weighted by molar-refractivity contribution is 7.10. The molecule has 1 amide bonds. The lowest BCUT2D eigenvalue weighted by molar-refractivity contribution is -0.122. The predicted molar refractivity (Wildman–Crippen MR) is 86.9 cm³/mol. The van der Waals surface area contributed by atoms with Crippen LogP contribution in [-0.2, 0) is 11.3 Å². The maximum Gasteiger partial charge on any atom is 0.275 e. The van der Waals surface area contributed by atoms with Crippen LogP contribution in [-0.4, -0.2) is 15.7 Å². The first kappa shape index (κ1) is 14.5. The summed E-state index contributed by atoms with van der Waals surface area (Å²) in [6, 6.07) is 11.0. The lowest BCUT2D eigenvalue weighted by Gasteiger charge is -2.12. The number of amides is 1. The van der Waals surface area contributed by atoms with Gasteiger partial charge in [0, 0.05) is 10.3 Å². The fraction of sp³-hybridized carbons (Fsp3) is 0.188. The van der Waals surface area contributed by atoms with Crippen LogP contribution in [0.15, 0.2) is 52.8 Å². The van der Waals surface area contributed by atoms with E-state index in [0.29, 0.717) is 5.39 Å². The topological polar surface area (TPSA) is 64.0 Å². The zero-order valence-electron chi connectivity index (χ0n) is 12.0. The molecule has 0 spiro atoms. The maximum absolute atomic E-state index is 12.3. The minimum absolute atomic E-state index is 0.0799. The summed E-state index contributed by atoms with van der Waals surface area (Å²) in [5.41, 5.74) is -0.253. The molecule has 22 heavy (non-hydrogen) atoms. The van der Waals surface area contributed by atoms with Gasteiger partial charge in [-0.15, -0.1) is 11.3 Å². The Balaban J connectivity index is 1.77. The largest absolute Gasteiger partial charge is 0.347 e. The Hall–Kier alpha value is -2.47. The van der Waals surface area contributed by atoms with Gasteiger partial charge < -0.3 is 5.32 Å². The lowest BCUT2D eigenvalue weighted by atomic mass is 10.2. The Labute approximate surface area is 131 Å². The van der Waals surface area contributed by atoms with E-state index < -0.39 is 0 Å². The molecule has 0 fully saturated rings. The molecule has 2 aromatic heterocycles. The van der Waals surface area contributed by atoms with Crippen LogP contribution >= 0.6 is 11.3 Å². The average molecular weight is 313 g/mol. The maximum atomic E-state index is 12.3. The second kappa shape index (κ2) is 6.11. The van der Waals surface area contributed by atoms with Crippen LogP contribution in [0.4, 0.5) is 0 Å². The van der Waals surface area contributed by atoms with Crippen molar-refractivity contribution in [3.05, 3.63) is 63.2 Å². The van der Waals surface area contributed by atoms with Crippen molar-refractivity contribution in [3.63, 3.8) is 0 Å². The molecule has 1 aromatic carbocycles. The van der Waals surface area contributed by atoms with E-state index in [-0.39, 0.29) is 24.1 Å². The number of hydrogen-bond acceptors (Lipinski definition) is 4. The number of aromatic nitrogens is 2. The van der Waals surface area contributed by atoms with Crippen molar-refractivity contribution >= 4 is 28.0 Å². The molecule has 0 radical (unpaired) electrons. The normalized spacial score (nSPS) is 12.2. The summed E-state index contributed by atoms with van der Waals surface area (Å²) in [6.45, 7) is 1.83. The molecule has 0 saturated carbocycles. The Morgan fingerprint density at radius 1 is 1.32 bits per heavy atom. The fourth-order valence-electron chi connectivity index (χ4n) is 2.27. The van der Waals surface area contributed by atoms with Gasteiger partial charge in [-0.05, 0) is 24.4 Å². The molecule has 1 atom stereocenters. The van der Waals surface area contributed by atoms with Crippen molar-refractivity contribution in [3.8, 4) is 0 Å². The van der Waals surface area contributed by atoms with Gasteiger partial charge in [-0.25, -0.2) is 4.68 Å². The second-order valence-electron chi connectivity index (χ2n) is 5.00. The van der Waals surface area contributed by atoms with Gasteiger partial charge in [-0.1, -0.05) is 24.3 Å². The highest BCUT2D eigenvalue weighted by Crippen LogP contribution is 2.17. The van der Waals surface area contributed by atoms with Gasteiger partial charge in [0.1, 0.15) is 6.54 Å². The van der Waals surface area contributed by atoms with Crippen molar-refractivity contribution in [2.75, 3.05) is 0 Å². The van der Waals surface area contributed by atoms with Gasteiger partial charge in [0.2, 0.25) is 5.91 Å². The third-order valence-electron chi connectivity index (χ3n) is 3.40. The molecule has 2 heterocycles. The van der Waals surface area contributed by atoms with Crippen LogP contribution in [0, 0.1) is 0 Å². The standard InChI is InChI=1S/C16H15N3O2S/c1-11(14-7-4-8-22-14)18-15(20)10-19-16(21)13-6-3-2-5-12(13)9-17-19/h2-9,11H,10H2,1H3,(H,18,20)/t11-/m1/s1. The number of thiophene rings is 1. The van der Waals surface area contributed by atoms with Crippen LogP contribution in [0.2, 0.25) is 0 Å². The fourth-order valence-corrected chi connectivity index (χ4v) is 3.01. The molecule has 6 heteroatoms. The first-order valence-electron chi connectivity index (χ1n) is 6.93. The quantitative estimate of drug-likeness (QED) is 0.804. The molecule has 0 aliphatic rings. The first-order valence-corrected chi connectivity index (χ1v) is 7.81. The Kier molecular flexibility index (Phi) is 4.02. The summed E-state index contributed by atoms with van der Waals surface area (Å²) in [5, 5.41) is 10.2. The summed E-state index contributed by atoms with van der Waals surface area (Å²) in [7, 11) is 0. The summed E-state index contributed by atoms with van der Waals surface area (Å²) in [4.78, 5) is 25.5. The molecule has 0 bridgehead atoms. The summed E-state index contributed by atoms with van der Waals surface area (Å²) >= 11 is 1.59. The third kappa shape index (κ3) is 2.92. The minimum Gasteiger partial charge on any atom is -0.347 e. The Morgan fingerprint density at radius 3 is 2.91 bits per heavy atom. The van der Waals surface area contributed by atoms with Crippen LogP contribution in [0.5, 0.6) is 0 Å². The zero-order chi connectivity index (χ0) is 15.5. The van der Waals surface area contributed by atoms with Crippen LogP contribution in [0.25, 0.3) is 10.8 Å². The predicted octanol–water partition coefficient (Wildman–Crippen LogP) is 2.34. The molecule has 3 rings (SSSR count). The van der Waals surface area contributed by atoms with Gasteiger partial charge in [-0.3, -0.25) is 9.59 Å². The van der Waals surface area contributed by atoms with Gasteiger partial charge in [0.25, 0.3) is 5.56 Å². The second-order valence-corrected chi connectivity index (χ2v) is 5.98. The number of hydrogen-bond donors (Lipinski definition) is 1. The molecule has 112 valence electrons. The number of benzene rings is 1. The van der Waals surface area contributed by atoms with E-state index in [0.717, 1.165) is 10.3 Å². The lowest BCUT2D eigenvalue weighted by Crippen LogP contribution is -2.34. The van der Waals surface area contributed by atoms with Crippen molar-refractivity contribution in [1.82, 2.24) is 15.1 Å². The molecule has 0 saturated heterocycles. The van der Waals surface area contributed by atoms with Crippen LogP contribution in [0.1, 0.15) is 17.8 Å². The van der Waals surface area contributed by atoms with Crippen molar-refractivity contribution in [2.24, 2.45) is 0 Å². The minimum atomic E-state index is -0.253. The molecule has 0 aliphatic carbocycles. The monoisotopic (exact) mass is 313 g/mol. The van der Waals surface area contributed by atoms with Gasteiger partial charge in [0.05, 0.1) is 17.6 Å². The van der Waals surface area contributed by atoms with Crippen molar-refractivity contribution in [1.29, 1.82) is 0 Å². The van der Waals surface area contributed by atoms with Gasteiger partial charge in [-0.2, -0.15) is 5.10 Å². The number of carbonyl (C=O) groups excluding carboxylic acids is 1. The van der Waals surface area contributed by atoms with Gasteiger partial charge >= 0.3 is 0 Å². The molecule has 5 nitrogen and oxygen atoms in total. The summed E-state index contributed by atoms with van der Waals surface area (Å²) in [5.74, 6) is -0.231.